The first kappa shape index (κ1) is 12.9. The molecule has 0 aliphatic carbocycles. The summed E-state index contributed by atoms with van der Waals surface area (Å²) in [5, 5.41) is 8.76. The third-order valence-electron chi connectivity index (χ3n) is 2.81. The minimum absolute atomic E-state index is 0.483. The van der Waals surface area contributed by atoms with Crippen LogP contribution in [0.15, 0.2) is 48.7 Å². The summed E-state index contributed by atoms with van der Waals surface area (Å²) in [4.78, 5) is 6.44. The zero-order valence-corrected chi connectivity index (χ0v) is 10.7. The number of benzene rings is 1. The van der Waals surface area contributed by atoms with Crippen molar-refractivity contribution in [2.45, 2.75) is 13.0 Å². The fourth-order valence-electron chi connectivity index (χ4n) is 1.90. The highest BCUT2D eigenvalue weighted by Crippen LogP contribution is 2.17. The summed E-state index contributed by atoms with van der Waals surface area (Å²) in [5.74, 6) is 0. The van der Waals surface area contributed by atoms with Crippen molar-refractivity contribution < 1.29 is 0 Å². The molecule has 2 N–H and O–H groups in total. The number of pyridine rings is 1. The monoisotopic (exact) mass is 252 g/mol. The van der Waals surface area contributed by atoms with Gasteiger partial charge in [0.15, 0.2) is 0 Å². The Balaban J connectivity index is 2.17. The van der Waals surface area contributed by atoms with Crippen LogP contribution >= 0.6 is 0 Å². The number of para-hydroxylation sites is 1. The van der Waals surface area contributed by atoms with Crippen LogP contribution in [0.1, 0.15) is 12.1 Å². The lowest BCUT2D eigenvalue weighted by Gasteiger charge is -2.23. The van der Waals surface area contributed by atoms with E-state index < -0.39 is 0 Å². The van der Waals surface area contributed by atoms with Crippen molar-refractivity contribution in [3.8, 4) is 6.07 Å². The van der Waals surface area contributed by atoms with Gasteiger partial charge in [-0.3, -0.25) is 4.98 Å². The predicted octanol–water partition coefficient (Wildman–Crippen LogP) is 2.58. The van der Waals surface area contributed by atoms with Crippen LogP contribution in [0.3, 0.4) is 0 Å². The van der Waals surface area contributed by atoms with Gasteiger partial charge in [-0.2, -0.15) is 5.26 Å². The van der Waals surface area contributed by atoms with Crippen LogP contribution in [0, 0.1) is 11.3 Å². The fraction of sp³-hybridized carbons (Fsp3) is 0.200. The first-order chi connectivity index (χ1) is 9.29. The van der Waals surface area contributed by atoms with E-state index in [2.05, 4.69) is 16.0 Å². The Morgan fingerprint density at radius 2 is 2.00 bits per heavy atom. The lowest BCUT2D eigenvalue weighted by molar-refractivity contribution is 0.781. The van der Waals surface area contributed by atoms with Gasteiger partial charge in [0.2, 0.25) is 0 Å². The minimum Gasteiger partial charge on any atom is -0.399 e. The van der Waals surface area contributed by atoms with Gasteiger partial charge in [-0.05, 0) is 24.3 Å². The zero-order valence-electron chi connectivity index (χ0n) is 10.7. The van der Waals surface area contributed by atoms with Crippen molar-refractivity contribution in [3.63, 3.8) is 0 Å². The van der Waals surface area contributed by atoms with Crippen LogP contribution in [0.5, 0.6) is 0 Å². The Morgan fingerprint density at radius 3 is 2.68 bits per heavy atom. The van der Waals surface area contributed by atoms with Gasteiger partial charge in [-0.1, -0.05) is 18.2 Å². The standard InChI is InChI=1S/C15H16N4/c16-8-4-10-19(15-5-2-1-3-6-15)12-14-11-13(17)7-9-18-14/h1-3,5-7,9,11H,4,10,12H2,(H2,17,18). The molecule has 2 rings (SSSR count). The minimum atomic E-state index is 0.483. The van der Waals surface area contributed by atoms with E-state index in [1.54, 1.807) is 12.3 Å². The highest BCUT2D eigenvalue weighted by atomic mass is 15.1. The molecule has 0 aliphatic heterocycles. The first-order valence-corrected chi connectivity index (χ1v) is 6.17. The third-order valence-corrected chi connectivity index (χ3v) is 2.81. The van der Waals surface area contributed by atoms with E-state index in [1.165, 1.54) is 0 Å². The SMILES string of the molecule is N#CCCN(Cc1cc(N)ccn1)c1ccccc1. The lowest BCUT2D eigenvalue weighted by atomic mass is 10.2. The van der Waals surface area contributed by atoms with Gasteiger partial charge in [-0.25, -0.2) is 0 Å². The van der Waals surface area contributed by atoms with Crippen molar-refractivity contribution >= 4 is 11.4 Å². The van der Waals surface area contributed by atoms with E-state index in [0.29, 0.717) is 25.2 Å². The van der Waals surface area contributed by atoms with Crippen molar-refractivity contribution in [1.29, 1.82) is 5.26 Å². The molecule has 0 spiro atoms. The van der Waals surface area contributed by atoms with Gasteiger partial charge in [-0.15, -0.1) is 0 Å². The van der Waals surface area contributed by atoms with Crippen LogP contribution in [-0.2, 0) is 6.54 Å². The van der Waals surface area contributed by atoms with E-state index in [1.807, 2.05) is 36.4 Å². The number of nitrogens with two attached hydrogens (primary N) is 1. The summed E-state index contributed by atoms with van der Waals surface area (Å²) in [7, 11) is 0. The average Bonchev–Trinajstić information content (AvgIpc) is 2.44. The highest BCUT2D eigenvalue weighted by Gasteiger charge is 2.07. The van der Waals surface area contributed by atoms with Gasteiger partial charge in [0.1, 0.15) is 0 Å². The van der Waals surface area contributed by atoms with Crippen molar-refractivity contribution in [2.24, 2.45) is 0 Å². The molecule has 0 radical (unpaired) electrons. The molecule has 4 heteroatoms. The van der Waals surface area contributed by atoms with Gasteiger partial charge < -0.3 is 10.6 Å². The number of hydrogen-bond acceptors (Lipinski definition) is 4. The second-order valence-corrected chi connectivity index (χ2v) is 4.25. The molecule has 4 nitrogen and oxygen atoms in total. The molecule has 1 aromatic carbocycles. The van der Waals surface area contributed by atoms with Crippen molar-refractivity contribution in [2.75, 3.05) is 17.2 Å². The molecule has 0 atom stereocenters. The average molecular weight is 252 g/mol. The molecule has 0 unspecified atom stereocenters. The van der Waals surface area contributed by atoms with E-state index in [9.17, 15) is 0 Å². The van der Waals surface area contributed by atoms with Gasteiger partial charge in [0.25, 0.3) is 0 Å². The highest BCUT2D eigenvalue weighted by molar-refractivity contribution is 5.47. The van der Waals surface area contributed by atoms with Gasteiger partial charge in [0, 0.05) is 24.1 Å². The Kier molecular flexibility index (Phi) is 4.35. The Morgan fingerprint density at radius 1 is 1.21 bits per heavy atom. The van der Waals surface area contributed by atoms with Gasteiger partial charge >= 0.3 is 0 Å². The number of nitrogens with zero attached hydrogens (tertiary/aromatic N) is 3. The molecule has 19 heavy (non-hydrogen) atoms. The molecular weight excluding hydrogens is 236 g/mol. The molecule has 0 saturated heterocycles. The summed E-state index contributed by atoms with van der Waals surface area (Å²) in [6.45, 7) is 1.33. The summed E-state index contributed by atoms with van der Waals surface area (Å²) >= 11 is 0. The maximum atomic E-state index is 8.76. The number of nitriles is 1. The summed E-state index contributed by atoms with van der Waals surface area (Å²) in [6.07, 6.45) is 2.19. The largest absolute Gasteiger partial charge is 0.399 e. The normalized spacial score (nSPS) is 9.84. The second kappa shape index (κ2) is 6.41. The lowest BCUT2D eigenvalue weighted by Crippen LogP contribution is -2.24. The van der Waals surface area contributed by atoms with E-state index in [0.717, 1.165) is 11.4 Å². The van der Waals surface area contributed by atoms with E-state index in [-0.39, 0.29) is 0 Å². The number of aromatic nitrogens is 1. The Hall–Kier alpha value is -2.54. The fourth-order valence-corrected chi connectivity index (χ4v) is 1.90. The van der Waals surface area contributed by atoms with Crippen LogP contribution in [0.2, 0.25) is 0 Å². The summed E-state index contributed by atoms with van der Waals surface area (Å²) < 4.78 is 0. The topological polar surface area (TPSA) is 65.9 Å². The molecule has 0 amide bonds. The molecule has 1 heterocycles. The predicted molar refractivity (Wildman–Crippen MR) is 76.4 cm³/mol. The molecule has 0 aliphatic rings. The van der Waals surface area contributed by atoms with Crippen LogP contribution < -0.4 is 10.6 Å². The number of hydrogen-bond donors (Lipinski definition) is 1. The third kappa shape index (κ3) is 3.71. The number of nitrogen functional groups attached to an aromatic ring is 1. The van der Waals surface area contributed by atoms with E-state index >= 15 is 0 Å². The Labute approximate surface area is 113 Å². The van der Waals surface area contributed by atoms with Gasteiger partial charge in [0.05, 0.1) is 24.7 Å². The molecule has 0 fully saturated rings. The molecule has 96 valence electrons. The van der Waals surface area contributed by atoms with E-state index in [4.69, 9.17) is 11.0 Å². The maximum Gasteiger partial charge on any atom is 0.0640 e. The maximum absolute atomic E-state index is 8.76. The zero-order chi connectivity index (χ0) is 13.5. The van der Waals surface area contributed by atoms with Crippen LogP contribution in [0.4, 0.5) is 11.4 Å². The van der Waals surface area contributed by atoms with Crippen LogP contribution in [0.25, 0.3) is 0 Å². The molecular formula is C15H16N4. The molecule has 0 bridgehead atoms. The quantitative estimate of drug-likeness (QED) is 0.888. The summed E-state index contributed by atoms with van der Waals surface area (Å²) in [6, 6.07) is 15.8. The molecule has 0 saturated carbocycles. The number of rotatable bonds is 5. The molecule has 1 aromatic heterocycles. The Bertz CT molecular complexity index is 560. The number of anilines is 2. The second-order valence-electron chi connectivity index (χ2n) is 4.25. The molecule has 2 aromatic rings. The first-order valence-electron chi connectivity index (χ1n) is 6.17. The van der Waals surface area contributed by atoms with Crippen molar-refractivity contribution in [3.05, 3.63) is 54.4 Å². The smallest absolute Gasteiger partial charge is 0.0640 e. The summed E-state index contributed by atoms with van der Waals surface area (Å²) in [5.41, 5.74) is 8.46. The van der Waals surface area contributed by atoms with Crippen molar-refractivity contribution in [1.82, 2.24) is 4.98 Å². The van der Waals surface area contributed by atoms with Crippen LogP contribution in [-0.4, -0.2) is 11.5 Å².